The molecule has 0 bridgehead atoms. The monoisotopic (exact) mass is 334 g/mol. The second kappa shape index (κ2) is 6.15. The number of rotatable bonds is 6. The highest BCUT2D eigenvalue weighted by atomic mass is 32.2. The Balaban J connectivity index is 3.26. The first-order valence-electron chi connectivity index (χ1n) is 6.28. The topological polar surface area (TPSA) is 106 Å². The molecule has 0 spiro atoms. The highest BCUT2D eigenvalue weighted by Gasteiger charge is 2.23. The van der Waals surface area contributed by atoms with Gasteiger partial charge in [0.25, 0.3) is 0 Å². The Morgan fingerprint density at radius 1 is 1.05 bits per heavy atom. The van der Waals surface area contributed by atoms with Gasteiger partial charge < -0.3 is 5.11 Å². The van der Waals surface area contributed by atoms with Crippen molar-refractivity contribution >= 4 is 25.6 Å². The van der Waals surface area contributed by atoms with Gasteiger partial charge in [0.1, 0.15) is 0 Å². The van der Waals surface area contributed by atoms with E-state index in [4.69, 9.17) is 5.11 Å². The number of hydrogen-bond acceptors (Lipinski definition) is 5. The summed E-state index contributed by atoms with van der Waals surface area (Å²) >= 11 is 0. The number of hydrogen-bond donors (Lipinski definition) is 1. The summed E-state index contributed by atoms with van der Waals surface area (Å²) in [5.74, 6) is -2.37. The molecule has 6 nitrogen and oxygen atoms in total. The first-order chi connectivity index (χ1) is 9.50. The first-order valence-corrected chi connectivity index (χ1v) is 9.75. The maximum atomic E-state index is 12.2. The Morgan fingerprint density at radius 2 is 1.62 bits per heavy atom. The second-order valence-electron chi connectivity index (χ2n) is 4.79. The van der Waals surface area contributed by atoms with Gasteiger partial charge >= 0.3 is 5.97 Å². The van der Waals surface area contributed by atoms with Gasteiger partial charge in [0.15, 0.2) is 19.7 Å². The van der Waals surface area contributed by atoms with Gasteiger partial charge in [-0.1, -0.05) is 13.0 Å². The fourth-order valence-electron chi connectivity index (χ4n) is 1.89. The van der Waals surface area contributed by atoms with E-state index in [1.54, 1.807) is 13.8 Å². The van der Waals surface area contributed by atoms with E-state index < -0.39 is 37.1 Å². The highest BCUT2D eigenvalue weighted by Crippen LogP contribution is 2.22. The molecule has 1 aromatic carbocycles. The van der Waals surface area contributed by atoms with Gasteiger partial charge in [0, 0.05) is 5.75 Å². The maximum absolute atomic E-state index is 12.2. The Hall–Kier alpha value is -1.41. The van der Waals surface area contributed by atoms with E-state index in [1.807, 2.05) is 0 Å². The van der Waals surface area contributed by atoms with E-state index in [2.05, 4.69) is 0 Å². The van der Waals surface area contributed by atoms with Crippen LogP contribution < -0.4 is 0 Å². The average Bonchev–Trinajstić information content (AvgIpc) is 2.36. The maximum Gasteiger partial charge on any atom is 0.335 e. The number of sulfone groups is 2. The van der Waals surface area contributed by atoms with Crippen molar-refractivity contribution in [1.29, 1.82) is 0 Å². The predicted octanol–water partition coefficient (Wildman–Crippen LogP) is 1.21. The lowest BCUT2D eigenvalue weighted by Crippen LogP contribution is -2.20. The number of carbonyl (C=O) groups is 1. The van der Waals surface area contributed by atoms with Crippen molar-refractivity contribution in [2.45, 2.75) is 25.7 Å². The van der Waals surface area contributed by atoms with Crippen LogP contribution in [0.1, 0.15) is 28.4 Å². The SMILES string of the molecule is CCS(=O)(=O)CCS(=O)(=O)c1cc(C(=O)O)c(C)cc1C. The lowest BCUT2D eigenvalue weighted by Gasteiger charge is -2.11. The minimum atomic E-state index is -3.85. The third-order valence-electron chi connectivity index (χ3n) is 3.19. The van der Waals surface area contributed by atoms with Gasteiger partial charge in [0.05, 0.1) is 22.0 Å². The standard InChI is InChI=1S/C13H18O6S2/c1-4-20(16,17)5-6-21(18,19)12-8-11(13(14)15)9(2)7-10(12)3/h7-8H,4-6H2,1-3H3,(H,14,15). The Morgan fingerprint density at radius 3 is 2.10 bits per heavy atom. The van der Waals surface area contributed by atoms with Crippen LogP contribution in [0.25, 0.3) is 0 Å². The van der Waals surface area contributed by atoms with Crippen LogP contribution in [0.5, 0.6) is 0 Å². The van der Waals surface area contributed by atoms with Crippen molar-refractivity contribution in [3.8, 4) is 0 Å². The van der Waals surface area contributed by atoms with Gasteiger partial charge in [-0.2, -0.15) is 0 Å². The molecule has 0 radical (unpaired) electrons. The molecule has 8 heteroatoms. The van der Waals surface area contributed by atoms with Gasteiger partial charge in [-0.3, -0.25) is 0 Å². The van der Waals surface area contributed by atoms with Crippen LogP contribution in [0.15, 0.2) is 17.0 Å². The molecule has 0 fully saturated rings. The molecule has 1 aromatic rings. The lowest BCUT2D eigenvalue weighted by molar-refractivity contribution is 0.0696. The molecule has 0 unspecified atom stereocenters. The summed E-state index contributed by atoms with van der Waals surface area (Å²) < 4.78 is 47.4. The summed E-state index contributed by atoms with van der Waals surface area (Å²) in [5, 5.41) is 9.05. The molecule has 1 rings (SSSR count). The Kier molecular flexibility index (Phi) is 5.16. The molecule has 21 heavy (non-hydrogen) atoms. The minimum Gasteiger partial charge on any atom is -0.478 e. The largest absolute Gasteiger partial charge is 0.478 e. The van der Waals surface area contributed by atoms with E-state index in [-0.39, 0.29) is 16.2 Å². The fourth-order valence-corrected chi connectivity index (χ4v) is 5.14. The Bertz CT molecular complexity index is 760. The third kappa shape index (κ3) is 4.28. The summed E-state index contributed by atoms with van der Waals surface area (Å²) in [5.41, 5.74) is 0.768. The smallest absolute Gasteiger partial charge is 0.335 e. The summed E-state index contributed by atoms with van der Waals surface area (Å²) in [7, 11) is -7.25. The minimum absolute atomic E-state index is 0.0995. The van der Waals surface area contributed by atoms with Gasteiger partial charge in [-0.15, -0.1) is 0 Å². The number of carboxylic acids is 1. The van der Waals surface area contributed by atoms with Crippen LogP contribution in [0.3, 0.4) is 0 Å². The van der Waals surface area contributed by atoms with Crippen molar-refractivity contribution in [2.75, 3.05) is 17.3 Å². The molecule has 0 amide bonds. The molecule has 0 heterocycles. The number of carboxylic acid groups (broad SMARTS) is 1. The summed E-state index contributed by atoms with van der Waals surface area (Å²) in [6, 6.07) is 2.57. The number of aryl methyl sites for hydroxylation is 2. The molecule has 0 saturated heterocycles. The zero-order valence-corrected chi connectivity index (χ0v) is 13.7. The van der Waals surface area contributed by atoms with Crippen molar-refractivity contribution in [3.63, 3.8) is 0 Å². The second-order valence-corrected chi connectivity index (χ2v) is 9.34. The first kappa shape index (κ1) is 17.6. The Labute approximate surface area is 124 Å². The summed E-state index contributed by atoms with van der Waals surface area (Å²) in [6.45, 7) is 4.58. The van der Waals surface area contributed by atoms with Crippen molar-refractivity contribution in [1.82, 2.24) is 0 Å². The van der Waals surface area contributed by atoms with Crippen molar-refractivity contribution < 1.29 is 26.7 Å². The van der Waals surface area contributed by atoms with E-state index in [9.17, 15) is 21.6 Å². The molecule has 0 aliphatic heterocycles. The van der Waals surface area contributed by atoms with Gasteiger partial charge in [-0.25, -0.2) is 21.6 Å². The number of aromatic carboxylic acids is 1. The summed E-state index contributed by atoms with van der Waals surface area (Å²) in [6.07, 6.45) is 0. The lowest BCUT2D eigenvalue weighted by atomic mass is 10.1. The van der Waals surface area contributed by atoms with Gasteiger partial charge in [0.2, 0.25) is 0 Å². The fraction of sp³-hybridized carbons (Fsp3) is 0.462. The normalized spacial score (nSPS) is 12.3. The summed E-state index contributed by atoms with van der Waals surface area (Å²) in [4.78, 5) is 11.0. The van der Waals surface area contributed by atoms with Crippen molar-refractivity contribution in [3.05, 3.63) is 28.8 Å². The molecule has 0 aromatic heterocycles. The third-order valence-corrected chi connectivity index (χ3v) is 7.01. The zero-order valence-electron chi connectivity index (χ0n) is 12.1. The van der Waals surface area contributed by atoms with E-state index in [0.717, 1.165) is 6.07 Å². The predicted molar refractivity (Wildman–Crippen MR) is 79.3 cm³/mol. The van der Waals surface area contributed by atoms with Crippen LogP contribution in [0.2, 0.25) is 0 Å². The molecule has 0 aliphatic carbocycles. The average molecular weight is 334 g/mol. The van der Waals surface area contributed by atoms with E-state index >= 15 is 0 Å². The zero-order chi connectivity index (χ0) is 16.4. The van der Waals surface area contributed by atoms with E-state index in [1.165, 1.54) is 13.0 Å². The molecule has 0 saturated carbocycles. The van der Waals surface area contributed by atoms with E-state index in [0.29, 0.717) is 11.1 Å². The molecule has 0 aliphatic rings. The molecular formula is C13H18O6S2. The molecule has 118 valence electrons. The van der Waals surface area contributed by atoms with Crippen LogP contribution in [-0.4, -0.2) is 45.2 Å². The molecule has 0 atom stereocenters. The van der Waals surface area contributed by atoms with Gasteiger partial charge in [-0.05, 0) is 31.0 Å². The number of benzene rings is 1. The van der Waals surface area contributed by atoms with Crippen molar-refractivity contribution in [2.24, 2.45) is 0 Å². The molecular weight excluding hydrogens is 316 g/mol. The highest BCUT2D eigenvalue weighted by molar-refractivity contribution is 7.95. The van der Waals surface area contributed by atoms with Crippen LogP contribution >= 0.6 is 0 Å². The van der Waals surface area contributed by atoms with Crippen LogP contribution in [-0.2, 0) is 19.7 Å². The quantitative estimate of drug-likeness (QED) is 0.838. The molecule has 1 N–H and O–H groups in total. The van der Waals surface area contributed by atoms with Crippen LogP contribution in [0, 0.1) is 13.8 Å². The van der Waals surface area contributed by atoms with Crippen LogP contribution in [0.4, 0.5) is 0 Å².